The molecule has 0 aliphatic carbocycles. The first-order valence-electron chi connectivity index (χ1n) is 5.56. The zero-order valence-corrected chi connectivity index (χ0v) is 10.2. The van der Waals surface area contributed by atoms with Crippen molar-refractivity contribution in [1.29, 1.82) is 0 Å². The van der Waals surface area contributed by atoms with Crippen molar-refractivity contribution in [1.82, 2.24) is 9.88 Å². The van der Waals surface area contributed by atoms with Crippen molar-refractivity contribution >= 4 is 23.0 Å². The lowest BCUT2D eigenvalue weighted by atomic mass is 10.2. The van der Waals surface area contributed by atoms with Crippen LogP contribution in [-0.2, 0) is 4.79 Å². The highest BCUT2D eigenvalue weighted by Crippen LogP contribution is 2.19. The normalized spacial score (nSPS) is 10.2. The minimum atomic E-state index is -1.10. The quantitative estimate of drug-likeness (QED) is 0.909. The second-order valence-electron chi connectivity index (χ2n) is 3.98. The molecule has 0 unspecified atom stereocenters. The highest BCUT2D eigenvalue weighted by atomic mass is 16.6. The monoisotopic (exact) mass is 260 g/mol. The van der Waals surface area contributed by atoms with E-state index in [1.807, 2.05) is 6.07 Å². The second kappa shape index (κ2) is 5.34. The van der Waals surface area contributed by atoms with E-state index in [4.69, 9.17) is 9.84 Å². The Morgan fingerprint density at radius 2 is 2.16 bits per heavy atom. The molecule has 0 radical (unpaired) electrons. The van der Waals surface area contributed by atoms with Gasteiger partial charge in [0.15, 0.2) is 0 Å². The number of ether oxygens (including phenoxy) is 1. The Labute approximate surface area is 109 Å². The molecule has 0 aliphatic rings. The van der Waals surface area contributed by atoms with E-state index in [9.17, 15) is 9.59 Å². The molecule has 0 bridgehead atoms. The average Bonchev–Trinajstić information content (AvgIpc) is 2.37. The van der Waals surface area contributed by atoms with Gasteiger partial charge in [-0.2, -0.15) is 0 Å². The van der Waals surface area contributed by atoms with Crippen LogP contribution in [0.25, 0.3) is 10.9 Å². The molecule has 1 amide bonds. The zero-order chi connectivity index (χ0) is 13.8. The van der Waals surface area contributed by atoms with Crippen LogP contribution in [0, 0.1) is 0 Å². The number of likely N-dealkylation sites (N-methyl/N-ethyl adjacent to an activating group) is 1. The van der Waals surface area contributed by atoms with Gasteiger partial charge in [-0.3, -0.25) is 14.7 Å². The average molecular weight is 260 g/mol. The topological polar surface area (TPSA) is 79.7 Å². The highest BCUT2D eigenvalue weighted by Gasteiger charge is 2.14. The van der Waals surface area contributed by atoms with Crippen LogP contribution in [0.5, 0.6) is 5.75 Å². The van der Waals surface area contributed by atoms with Crippen LogP contribution in [0.1, 0.15) is 0 Å². The van der Waals surface area contributed by atoms with Gasteiger partial charge in [-0.1, -0.05) is 6.07 Å². The largest absolute Gasteiger partial charge is 0.480 e. The van der Waals surface area contributed by atoms with Gasteiger partial charge in [0.1, 0.15) is 12.3 Å². The van der Waals surface area contributed by atoms with Gasteiger partial charge in [-0.25, -0.2) is 4.79 Å². The number of carboxylic acids is 1. The summed E-state index contributed by atoms with van der Waals surface area (Å²) in [5, 5.41) is 9.42. The molecule has 1 aromatic heterocycles. The highest BCUT2D eigenvalue weighted by molar-refractivity contribution is 5.82. The van der Waals surface area contributed by atoms with Gasteiger partial charge in [0.25, 0.3) is 0 Å². The van der Waals surface area contributed by atoms with E-state index in [1.54, 1.807) is 30.5 Å². The molecule has 2 aromatic rings. The molecular formula is C13H12N2O4. The van der Waals surface area contributed by atoms with E-state index >= 15 is 0 Å². The van der Waals surface area contributed by atoms with Crippen molar-refractivity contribution in [2.45, 2.75) is 0 Å². The minimum absolute atomic E-state index is 0.350. The Morgan fingerprint density at radius 3 is 2.89 bits per heavy atom. The number of carbonyl (C=O) groups is 2. The molecule has 0 aliphatic heterocycles. The summed E-state index contributed by atoms with van der Waals surface area (Å²) in [6, 6.07) is 8.65. The molecule has 6 heteroatoms. The number of aliphatic carboxylic acids is 1. The number of fused-ring (bicyclic) bond motifs is 1. The number of aromatic nitrogens is 1. The Hall–Kier alpha value is -2.63. The lowest BCUT2D eigenvalue weighted by Gasteiger charge is -2.14. The number of amides is 1. The van der Waals surface area contributed by atoms with Crippen LogP contribution in [0.3, 0.4) is 0 Å². The van der Waals surface area contributed by atoms with Gasteiger partial charge in [0.05, 0.1) is 5.52 Å². The summed E-state index contributed by atoms with van der Waals surface area (Å²) >= 11 is 0. The summed E-state index contributed by atoms with van der Waals surface area (Å²) in [6.45, 7) is -0.409. The minimum Gasteiger partial charge on any atom is -0.480 e. The number of nitrogens with zero attached hydrogens (tertiary/aromatic N) is 2. The van der Waals surface area contributed by atoms with Crippen LogP contribution >= 0.6 is 0 Å². The first-order valence-corrected chi connectivity index (χ1v) is 5.56. The number of benzene rings is 1. The lowest BCUT2D eigenvalue weighted by Crippen LogP contribution is -2.34. The van der Waals surface area contributed by atoms with Crippen LogP contribution in [-0.4, -0.2) is 40.6 Å². The molecule has 2 rings (SSSR count). The predicted octanol–water partition coefficient (Wildman–Crippen LogP) is 1.75. The Bertz CT molecular complexity index is 627. The number of carbonyl (C=O) groups excluding carboxylic acids is 1. The Morgan fingerprint density at radius 1 is 1.37 bits per heavy atom. The van der Waals surface area contributed by atoms with Crippen molar-refractivity contribution in [2.75, 3.05) is 13.6 Å². The van der Waals surface area contributed by atoms with E-state index < -0.39 is 18.6 Å². The van der Waals surface area contributed by atoms with E-state index in [1.165, 1.54) is 7.05 Å². The molecule has 1 N–H and O–H groups in total. The molecule has 19 heavy (non-hydrogen) atoms. The molecule has 6 nitrogen and oxygen atoms in total. The maximum absolute atomic E-state index is 11.6. The fourth-order valence-electron chi connectivity index (χ4n) is 1.56. The van der Waals surface area contributed by atoms with Crippen molar-refractivity contribution in [3.05, 3.63) is 36.5 Å². The SMILES string of the molecule is CN(CC(=O)O)C(=O)Oc1ccc2ncccc2c1. The zero-order valence-electron chi connectivity index (χ0n) is 10.2. The van der Waals surface area contributed by atoms with Gasteiger partial charge < -0.3 is 9.84 Å². The number of hydrogen-bond donors (Lipinski definition) is 1. The van der Waals surface area contributed by atoms with Crippen molar-refractivity contribution < 1.29 is 19.4 Å². The smallest absolute Gasteiger partial charge is 0.415 e. The van der Waals surface area contributed by atoms with Crippen LogP contribution in [0.4, 0.5) is 4.79 Å². The number of carboxylic acid groups (broad SMARTS) is 1. The van der Waals surface area contributed by atoms with E-state index in [-0.39, 0.29) is 0 Å². The second-order valence-corrected chi connectivity index (χ2v) is 3.98. The number of pyridine rings is 1. The van der Waals surface area contributed by atoms with Crippen LogP contribution in [0.15, 0.2) is 36.5 Å². The number of hydrogen-bond acceptors (Lipinski definition) is 4. The summed E-state index contributed by atoms with van der Waals surface area (Å²) in [6.07, 6.45) is 0.958. The van der Waals surface area contributed by atoms with Gasteiger partial charge in [-0.15, -0.1) is 0 Å². The number of rotatable bonds is 3. The van der Waals surface area contributed by atoms with E-state index in [2.05, 4.69) is 4.98 Å². The first-order chi connectivity index (χ1) is 9.06. The third-order valence-corrected chi connectivity index (χ3v) is 2.46. The summed E-state index contributed by atoms with van der Waals surface area (Å²) in [4.78, 5) is 27.2. The van der Waals surface area contributed by atoms with Crippen molar-refractivity contribution in [3.63, 3.8) is 0 Å². The molecule has 1 heterocycles. The van der Waals surface area contributed by atoms with Gasteiger partial charge in [-0.05, 0) is 24.3 Å². The molecular weight excluding hydrogens is 248 g/mol. The molecule has 0 saturated heterocycles. The van der Waals surface area contributed by atoms with Crippen molar-refractivity contribution in [3.8, 4) is 5.75 Å². The van der Waals surface area contributed by atoms with Gasteiger partial charge in [0, 0.05) is 18.6 Å². The third-order valence-electron chi connectivity index (χ3n) is 2.46. The van der Waals surface area contributed by atoms with Gasteiger partial charge >= 0.3 is 12.1 Å². The Balaban J connectivity index is 2.12. The fourth-order valence-corrected chi connectivity index (χ4v) is 1.56. The lowest BCUT2D eigenvalue weighted by molar-refractivity contribution is -0.137. The summed E-state index contributed by atoms with van der Waals surface area (Å²) in [7, 11) is 1.36. The van der Waals surface area contributed by atoms with E-state index in [0.29, 0.717) is 5.75 Å². The predicted molar refractivity (Wildman–Crippen MR) is 68.0 cm³/mol. The molecule has 98 valence electrons. The van der Waals surface area contributed by atoms with Gasteiger partial charge in [0.2, 0.25) is 0 Å². The molecule has 0 atom stereocenters. The molecule has 1 aromatic carbocycles. The third kappa shape index (κ3) is 3.19. The molecule has 0 saturated carbocycles. The maximum atomic E-state index is 11.6. The van der Waals surface area contributed by atoms with Crippen LogP contribution < -0.4 is 4.74 Å². The first kappa shape index (κ1) is 12.8. The maximum Gasteiger partial charge on any atom is 0.415 e. The van der Waals surface area contributed by atoms with Crippen LogP contribution in [0.2, 0.25) is 0 Å². The van der Waals surface area contributed by atoms with Crippen molar-refractivity contribution in [2.24, 2.45) is 0 Å². The standard InChI is InChI=1S/C13H12N2O4/c1-15(8-12(16)17)13(18)19-10-4-5-11-9(7-10)3-2-6-14-11/h2-7H,8H2,1H3,(H,16,17). The summed E-state index contributed by atoms with van der Waals surface area (Å²) in [5.41, 5.74) is 0.793. The summed E-state index contributed by atoms with van der Waals surface area (Å²) < 4.78 is 5.08. The fraction of sp³-hybridized carbons (Fsp3) is 0.154. The Kier molecular flexibility index (Phi) is 3.61. The molecule has 0 spiro atoms. The summed E-state index contributed by atoms with van der Waals surface area (Å²) in [5.74, 6) is -0.745. The van der Waals surface area contributed by atoms with E-state index in [0.717, 1.165) is 15.8 Å². The molecule has 0 fully saturated rings.